The minimum atomic E-state index is -0.197. The fourth-order valence-corrected chi connectivity index (χ4v) is 1.63. The predicted molar refractivity (Wildman–Crippen MR) is 75.8 cm³/mol. The second kappa shape index (κ2) is 7.90. The summed E-state index contributed by atoms with van der Waals surface area (Å²) >= 11 is 5.81. The smallest absolute Gasteiger partial charge is 0.237 e. The topological polar surface area (TPSA) is 41.1 Å². The van der Waals surface area contributed by atoms with E-state index in [4.69, 9.17) is 11.6 Å². The maximum atomic E-state index is 11.6. The van der Waals surface area contributed by atoms with Crippen LogP contribution in [0.15, 0.2) is 36.9 Å². The van der Waals surface area contributed by atoms with Crippen molar-refractivity contribution in [3.63, 3.8) is 0 Å². The summed E-state index contributed by atoms with van der Waals surface area (Å²) in [5, 5.41) is 6.67. The number of carbonyl (C=O) groups excluding carboxylic acids is 1. The molecule has 98 valence electrons. The Labute approximate surface area is 113 Å². The van der Waals surface area contributed by atoms with E-state index in [-0.39, 0.29) is 11.9 Å². The first-order valence-corrected chi connectivity index (χ1v) is 6.37. The fraction of sp³-hybridized carbons (Fsp3) is 0.357. The van der Waals surface area contributed by atoms with Crippen LogP contribution in [0.2, 0.25) is 5.02 Å². The van der Waals surface area contributed by atoms with E-state index in [0.717, 1.165) is 18.0 Å². The Morgan fingerprint density at radius 1 is 1.44 bits per heavy atom. The molecule has 4 heteroatoms. The van der Waals surface area contributed by atoms with Gasteiger partial charge in [0, 0.05) is 11.6 Å². The monoisotopic (exact) mass is 266 g/mol. The van der Waals surface area contributed by atoms with E-state index < -0.39 is 0 Å². The SMILES string of the molecule is C=CCNC(=O)C(C)NCCc1ccc(Cl)cc1. The zero-order valence-electron chi connectivity index (χ0n) is 10.6. The molecular formula is C14H19ClN2O. The molecule has 1 atom stereocenters. The molecule has 1 aromatic rings. The van der Waals surface area contributed by atoms with Gasteiger partial charge in [0.05, 0.1) is 6.04 Å². The third-order valence-electron chi connectivity index (χ3n) is 2.59. The highest BCUT2D eigenvalue weighted by atomic mass is 35.5. The van der Waals surface area contributed by atoms with Gasteiger partial charge in [-0.3, -0.25) is 4.79 Å². The number of rotatable bonds is 7. The number of amides is 1. The molecule has 2 N–H and O–H groups in total. The lowest BCUT2D eigenvalue weighted by atomic mass is 10.1. The van der Waals surface area contributed by atoms with Crippen LogP contribution < -0.4 is 10.6 Å². The van der Waals surface area contributed by atoms with Crippen molar-refractivity contribution in [2.24, 2.45) is 0 Å². The molecule has 0 saturated carbocycles. The van der Waals surface area contributed by atoms with Gasteiger partial charge >= 0.3 is 0 Å². The number of benzene rings is 1. The van der Waals surface area contributed by atoms with Gasteiger partial charge in [0.1, 0.15) is 0 Å². The van der Waals surface area contributed by atoms with Crippen molar-refractivity contribution in [2.75, 3.05) is 13.1 Å². The molecule has 18 heavy (non-hydrogen) atoms. The maximum Gasteiger partial charge on any atom is 0.237 e. The molecular weight excluding hydrogens is 248 g/mol. The Bertz CT molecular complexity index is 389. The van der Waals surface area contributed by atoms with Crippen LogP contribution in [0.1, 0.15) is 12.5 Å². The van der Waals surface area contributed by atoms with Crippen LogP contribution >= 0.6 is 11.6 Å². The Kier molecular flexibility index (Phi) is 6.47. The molecule has 0 fully saturated rings. The largest absolute Gasteiger partial charge is 0.351 e. The molecule has 0 aliphatic heterocycles. The quantitative estimate of drug-likeness (QED) is 0.743. The molecule has 1 rings (SSSR count). The summed E-state index contributed by atoms with van der Waals surface area (Å²) in [4.78, 5) is 11.6. The maximum absolute atomic E-state index is 11.6. The molecule has 0 aliphatic carbocycles. The Hall–Kier alpha value is -1.32. The highest BCUT2D eigenvalue weighted by Gasteiger charge is 2.09. The van der Waals surface area contributed by atoms with Gasteiger partial charge in [-0.05, 0) is 37.6 Å². The Morgan fingerprint density at radius 3 is 2.72 bits per heavy atom. The van der Waals surface area contributed by atoms with E-state index in [9.17, 15) is 4.79 Å². The lowest BCUT2D eigenvalue weighted by Gasteiger charge is -2.13. The van der Waals surface area contributed by atoms with E-state index >= 15 is 0 Å². The van der Waals surface area contributed by atoms with Gasteiger partial charge < -0.3 is 10.6 Å². The average molecular weight is 267 g/mol. The van der Waals surface area contributed by atoms with Gasteiger partial charge in [0.2, 0.25) is 5.91 Å². The summed E-state index contributed by atoms with van der Waals surface area (Å²) in [6.07, 6.45) is 2.54. The minimum absolute atomic E-state index is 0.00833. The van der Waals surface area contributed by atoms with E-state index in [1.807, 2.05) is 31.2 Å². The van der Waals surface area contributed by atoms with Crippen LogP contribution in [0, 0.1) is 0 Å². The lowest BCUT2D eigenvalue weighted by Crippen LogP contribution is -2.42. The van der Waals surface area contributed by atoms with Gasteiger partial charge in [0.25, 0.3) is 0 Å². The summed E-state index contributed by atoms with van der Waals surface area (Å²) in [7, 11) is 0. The predicted octanol–water partition coefficient (Wildman–Crippen LogP) is 2.16. The number of nitrogens with one attached hydrogen (secondary N) is 2. The summed E-state index contributed by atoms with van der Waals surface area (Å²) in [6.45, 7) is 6.66. The number of halogens is 1. The highest BCUT2D eigenvalue weighted by Crippen LogP contribution is 2.09. The lowest BCUT2D eigenvalue weighted by molar-refractivity contribution is -0.122. The first-order valence-electron chi connectivity index (χ1n) is 6.00. The van der Waals surface area contributed by atoms with Crippen molar-refractivity contribution < 1.29 is 4.79 Å². The summed E-state index contributed by atoms with van der Waals surface area (Å²) in [5.74, 6) is -0.00833. The molecule has 0 spiro atoms. The van der Waals surface area contributed by atoms with Gasteiger partial charge in [-0.15, -0.1) is 6.58 Å². The molecule has 0 aromatic heterocycles. The van der Waals surface area contributed by atoms with E-state index in [1.54, 1.807) is 6.08 Å². The normalized spacial score (nSPS) is 11.9. The van der Waals surface area contributed by atoms with Crippen molar-refractivity contribution in [3.05, 3.63) is 47.5 Å². The standard InChI is InChI=1S/C14H19ClN2O/c1-3-9-17-14(18)11(2)16-10-8-12-4-6-13(15)7-5-12/h3-7,11,16H,1,8-10H2,2H3,(H,17,18). The summed E-state index contributed by atoms with van der Waals surface area (Å²) in [6, 6.07) is 7.53. The van der Waals surface area contributed by atoms with Gasteiger partial charge in [-0.1, -0.05) is 29.8 Å². The number of carbonyl (C=O) groups is 1. The van der Waals surface area contributed by atoms with Crippen LogP contribution in [-0.2, 0) is 11.2 Å². The molecule has 3 nitrogen and oxygen atoms in total. The number of hydrogen-bond donors (Lipinski definition) is 2. The van der Waals surface area contributed by atoms with Crippen molar-refractivity contribution in [1.82, 2.24) is 10.6 Å². The Morgan fingerprint density at radius 2 is 2.11 bits per heavy atom. The van der Waals surface area contributed by atoms with Crippen molar-refractivity contribution in [1.29, 1.82) is 0 Å². The first-order chi connectivity index (χ1) is 8.63. The van der Waals surface area contributed by atoms with E-state index in [0.29, 0.717) is 6.54 Å². The second-order valence-corrected chi connectivity index (χ2v) is 4.52. The summed E-state index contributed by atoms with van der Waals surface area (Å²) < 4.78 is 0. The highest BCUT2D eigenvalue weighted by molar-refractivity contribution is 6.30. The third kappa shape index (κ3) is 5.34. The van der Waals surface area contributed by atoms with Crippen molar-refractivity contribution in [3.8, 4) is 0 Å². The first kappa shape index (κ1) is 14.7. The van der Waals surface area contributed by atoms with Crippen molar-refractivity contribution >= 4 is 17.5 Å². The molecule has 1 aromatic carbocycles. The van der Waals surface area contributed by atoms with E-state index in [2.05, 4.69) is 17.2 Å². The van der Waals surface area contributed by atoms with Crippen molar-refractivity contribution in [2.45, 2.75) is 19.4 Å². The van der Waals surface area contributed by atoms with Crippen LogP contribution in [0.25, 0.3) is 0 Å². The van der Waals surface area contributed by atoms with Gasteiger partial charge in [-0.2, -0.15) is 0 Å². The van der Waals surface area contributed by atoms with Crippen LogP contribution in [0.4, 0.5) is 0 Å². The molecule has 1 unspecified atom stereocenters. The van der Waals surface area contributed by atoms with Crippen LogP contribution in [0.3, 0.4) is 0 Å². The molecule has 0 bridgehead atoms. The molecule has 0 heterocycles. The molecule has 0 aliphatic rings. The molecule has 1 amide bonds. The number of hydrogen-bond acceptors (Lipinski definition) is 2. The Balaban J connectivity index is 2.26. The molecule has 0 radical (unpaired) electrons. The minimum Gasteiger partial charge on any atom is -0.351 e. The second-order valence-electron chi connectivity index (χ2n) is 4.09. The van der Waals surface area contributed by atoms with E-state index in [1.165, 1.54) is 5.56 Å². The summed E-state index contributed by atoms with van der Waals surface area (Å²) in [5.41, 5.74) is 1.20. The van der Waals surface area contributed by atoms with Crippen LogP contribution in [-0.4, -0.2) is 25.0 Å². The zero-order valence-corrected chi connectivity index (χ0v) is 11.3. The fourth-order valence-electron chi connectivity index (χ4n) is 1.50. The molecule has 0 saturated heterocycles. The van der Waals surface area contributed by atoms with Gasteiger partial charge in [-0.25, -0.2) is 0 Å². The van der Waals surface area contributed by atoms with Gasteiger partial charge in [0.15, 0.2) is 0 Å². The average Bonchev–Trinajstić information content (AvgIpc) is 2.38. The zero-order chi connectivity index (χ0) is 13.4. The van der Waals surface area contributed by atoms with Crippen LogP contribution in [0.5, 0.6) is 0 Å². The third-order valence-corrected chi connectivity index (χ3v) is 2.84.